The molecule has 1 aliphatic rings. The minimum absolute atomic E-state index is 0.0965. The number of nitrogens with one attached hydrogen (secondary N) is 2. The van der Waals surface area contributed by atoms with E-state index in [0.29, 0.717) is 18.7 Å². The Kier molecular flexibility index (Phi) is 5.81. The van der Waals surface area contributed by atoms with E-state index in [1.54, 1.807) is 18.2 Å². The lowest BCUT2D eigenvalue weighted by Gasteiger charge is -2.26. The van der Waals surface area contributed by atoms with Crippen molar-refractivity contribution in [3.63, 3.8) is 0 Å². The largest absolute Gasteiger partial charge is 0.376 e. The topological polar surface area (TPSA) is 74.4 Å². The number of rotatable bonds is 5. The van der Waals surface area contributed by atoms with E-state index in [9.17, 15) is 14.0 Å². The first-order valence-corrected chi connectivity index (χ1v) is 10.0. The number of carbonyl (C=O) groups excluding carboxylic acids is 1. The maximum atomic E-state index is 14.0. The number of hydrogen-bond acceptors (Lipinski definition) is 3. The predicted octanol–water partition coefficient (Wildman–Crippen LogP) is 4.19. The summed E-state index contributed by atoms with van der Waals surface area (Å²) < 4.78 is 19.7. The Balaban J connectivity index is 1.61. The van der Waals surface area contributed by atoms with Gasteiger partial charge in [0.1, 0.15) is 5.82 Å². The number of carbonyl (C=O) groups is 1. The molecule has 30 heavy (non-hydrogen) atoms. The van der Waals surface area contributed by atoms with Gasteiger partial charge in [-0.25, -0.2) is 9.18 Å². The van der Waals surface area contributed by atoms with Crippen LogP contribution < -0.4 is 10.9 Å². The van der Waals surface area contributed by atoms with E-state index in [1.165, 1.54) is 17.0 Å². The second-order valence-corrected chi connectivity index (χ2v) is 7.64. The average molecular weight is 409 g/mol. The standard InChI is InChI=1S/C23H24FN3O3/c1-15-8-9-16-12-17(22(28)25-21(16)11-15)13-27(14-18-5-4-10-30-18)23(29)26-20-7-3-2-6-19(20)24/h2-3,6-9,11-12,18H,4-5,10,13-14H2,1H3,(H,25,28)(H,26,29)/t18-/m0/s1. The molecular formula is C23H24FN3O3. The Hall–Kier alpha value is -3.19. The summed E-state index contributed by atoms with van der Waals surface area (Å²) in [5.41, 5.74) is 2.13. The third kappa shape index (κ3) is 4.52. The fourth-order valence-electron chi connectivity index (χ4n) is 3.69. The van der Waals surface area contributed by atoms with Crippen LogP contribution in [0.3, 0.4) is 0 Å². The van der Waals surface area contributed by atoms with Gasteiger partial charge in [-0.05, 0) is 55.0 Å². The average Bonchev–Trinajstić information content (AvgIpc) is 3.23. The van der Waals surface area contributed by atoms with Gasteiger partial charge in [-0.3, -0.25) is 4.79 Å². The number of urea groups is 1. The van der Waals surface area contributed by atoms with Crippen molar-refractivity contribution in [2.75, 3.05) is 18.5 Å². The lowest BCUT2D eigenvalue weighted by Crippen LogP contribution is -2.41. The van der Waals surface area contributed by atoms with E-state index < -0.39 is 11.8 Å². The third-order valence-electron chi connectivity index (χ3n) is 5.29. The van der Waals surface area contributed by atoms with E-state index in [-0.39, 0.29) is 23.9 Å². The summed E-state index contributed by atoms with van der Waals surface area (Å²) in [5.74, 6) is -0.512. The summed E-state index contributed by atoms with van der Waals surface area (Å²) >= 11 is 0. The highest BCUT2D eigenvalue weighted by Gasteiger charge is 2.24. The molecule has 1 atom stereocenters. The van der Waals surface area contributed by atoms with Gasteiger partial charge in [0.2, 0.25) is 0 Å². The maximum Gasteiger partial charge on any atom is 0.322 e. The first-order chi connectivity index (χ1) is 14.5. The zero-order valence-corrected chi connectivity index (χ0v) is 16.8. The second-order valence-electron chi connectivity index (χ2n) is 7.64. The number of para-hydroxylation sites is 1. The molecule has 2 N–H and O–H groups in total. The minimum atomic E-state index is -0.512. The van der Waals surface area contributed by atoms with Crippen molar-refractivity contribution in [1.82, 2.24) is 9.88 Å². The van der Waals surface area contributed by atoms with E-state index in [2.05, 4.69) is 10.3 Å². The van der Waals surface area contributed by atoms with Crippen molar-refractivity contribution in [2.45, 2.75) is 32.4 Å². The Morgan fingerprint density at radius 3 is 2.87 bits per heavy atom. The molecule has 1 fully saturated rings. The Morgan fingerprint density at radius 1 is 1.27 bits per heavy atom. The van der Waals surface area contributed by atoms with Crippen molar-refractivity contribution < 1.29 is 13.9 Å². The molecule has 0 unspecified atom stereocenters. The van der Waals surface area contributed by atoms with Crippen molar-refractivity contribution in [3.05, 3.63) is 75.8 Å². The van der Waals surface area contributed by atoms with Gasteiger partial charge in [0.05, 0.1) is 18.3 Å². The monoisotopic (exact) mass is 409 g/mol. The molecule has 0 bridgehead atoms. The van der Waals surface area contributed by atoms with Crippen LogP contribution in [0.1, 0.15) is 24.0 Å². The van der Waals surface area contributed by atoms with Gasteiger partial charge in [0.15, 0.2) is 0 Å². The highest BCUT2D eigenvalue weighted by molar-refractivity contribution is 5.89. The zero-order valence-electron chi connectivity index (χ0n) is 16.8. The Morgan fingerprint density at radius 2 is 2.10 bits per heavy atom. The molecule has 6 nitrogen and oxygen atoms in total. The fourth-order valence-corrected chi connectivity index (χ4v) is 3.69. The predicted molar refractivity (Wildman–Crippen MR) is 114 cm³/mol. The van der Waals surface area contributed by atoms with E-state index in [4.69, 9.17) is 4.74 Å². The van der Waals surface area contributed by atoms with Crippen molar-refractivity contribution >= 4 is 22.6 Å². The number of nitrogens with zero attached hydrogens (tertiary/aromatic N) is 1. The summed E-state index contributed by atoms with van der Waals surface area (Å²) in [6, 6.07) is 13.2. The molecule has 7 heteroatoms. The van der Waals surface area contributed by atoms with Crippen LogP contribution in [0.25, 0.3) is 10.9 Å². The summed E-state index contributed by atoms with van der Waals surface area (Å²) in [6.07, 6.45) is 1.68. The van der Waals surface area contributed by atoms with Crippen LogP contribution in [0.15, 0.2) is 53.3 Å². The van der Waals surface area contributed by atoms with E-state index in [1.807, 2.05) is 25.1 Å². The van der Waals surface area contributed by atoms with Gasteiger partial charge in [-0.2, -0.15) is 0 Å². The summed E-state index contributed by atoms with van der Waals surface area (Å²) in [6.45, 7) is 3.04. The zero-order chi connectivity index (χ0) is 21.1. The molecule has 0 saturated carbocycles. The molecule has 1 aromatic heterocycles. The number of aromatic amines is 1. The quantitative estimate of drug-likeness (QED) is 0.664. The van der Waals surface area contributed by atoms with Crippen LogP contribution in [-0.4, -0.2) is 35.2 Å². The maximum absolute atomic E-state index is 14.0. The van der Waals surface area contributed by atoms with Crippen LogP contribution in [0.2, 0.25) is 0 Å². The number of amides is 2. The van der Waals surface area contributed by atoms with Crippen molar-refractivity contribution in [3.8, 4) is 0 Å². The van der Waals surface area contributed by atoms with Crippen LogP contribution in [0.4, 0.5) is 14.9 Å². The molecule has 1 aliphatic heterocycles. The number of anilines is 1. The van der Waals surface area contributed by atoms with E-state index >= 15 is 0 Å². The normalized spacial score (nSPS) is 16.0. The van der Waals surface area contributed by atoms with Crippen LogP contribution in [0, 0.1) is 12.7 Å². The van der Waals surface area contributed by atoms with Crippen molar-refractivity contribution in [1.29, 1.82) is 0 Å². The van der Waals surface area contributed by atoms with Crippen LogP contribution in [-0.2, 0) is 11.3 Å². The molecule has 0 aliphatic carbocycles. The van der Waals surface area contributed by atoms with Crippen LogP contribution >= 0.6 is 0 Å². The van der Waals surface area contributed by atoms with Gasteiger partial charge < -0.3 is 19.9 Å². The molecule has 2 aromatic carbocycles. The number of ether oxygens (including phenoxy) is 1. The summed E-state index contributed by atoms with van der Waals surface area (Å²) in [5, 5.41) is 3.50. The molecule has 3 aromatic rings. The third-order valence-corrected chi connectivity index (χ3v) is 5.29. The fraction of sp³-hybridized carbons (Fsp3) is 0.304. The number of H-pyrrole nitrogens is 1. The van der Waals surface area contributed by atoms with Gasteiger partial charge in [0, 0.05) is 24.2 Å². The van der Waals surface area contributed by atoms with Gasteiger partial charge in [-0.1, -0.05) is 24.3 Å². The molecule has 4 rings (SSSR count). The molecular weight excluding hydrogens is 385 g/mol. The molecule has 1 saturated heterocycles. The first-order valence-electron chi connectivity index (χ1n) is 10.0. The lowest BCUT2D eigenvalue weighted by molar-refractivity contribution is 0.0818. The molecule has 2 heterocycles. The molecule has 0 spiro atoms. The number of aromatic nitrogens is 1. The smallest absolute Gasteiger partial charge is 0.322 e. The number of hydrogen-bond donors (Lipinski definition) is 2. The number of aryl methyl sites for hydroxylation is 1. The van der Waals surface area contributed by atoms with Gasteiger partial charge >= 0.3 is 6.03 Å². The highest BCUT2D eigenvalue weighted by atomic mass is 19.1. The second kappa shape index (κ2) is 8.67. The van der Waals surface area contributed by atoms with Crippen LogP contribution in [0.5, 0.6) is 0 Å². The SMILES string of the molecule is Cc1ccc2cc(CN(C[C@@H]3CCCO3)C(=O)Nc3ccccc3F)c(=O)[nH]c2c1. The van der Waals surface area contributed by atoms with Gasteiger partial charge in [-0.15, -0.1) is 0 Å². The van der Waals surface area contributed by atoms with Crippen molar-refractivity contribution in [2.24, 2.45) is 0 Å². The first kappa shape index (κ1) is 20.1. The number of halogens is 1. The molecule has 0 radical (unpaired) electrons. The molecule has 156 valence electrons. The van der Waals surface area contributed by atoms with Gasteiger partial charge in [0.25, 0.3) is 5.56 Å². The lowest BCUT2D eigenvalue weighted by atomic mass is 10.1. The number of benzene rings is 2. The minimum Gasteiger partial charge on any atom is -0.376 e. The molecule has 2 amide bonds. The summed E-state index contributed by atoms with van der Waals surface area (Å²) in [4.78, 5) is 30.0. The Labute approximate surface area is 173 Å². The highest BCUT2D eigenvalue weighted by Crippen LogP contribution is 2.19. The number of pyridine rings is 1. The summed E-state index contributed by atoms with van der Waals surface area (Å²) in [7, 11) is 0. The Bertz CT molecular complexity index is 1120. The number of fused-ring (bicyclic) bond motifs is 1. The van der Waals surface area contributed by atoms with E-state index in [0.717, 1.165) is 29.3 Å².